The summed E-state index contributed by atoms with van der Waals surface area (Å²) in [5, 5.41) is 5.27. The van der Waals surface area contributed by atoms with Crippen molar-refractivity contribution in [2.24, 2.45) is 5.10 Å². The molecule has 0 amide bonds. The van der Waals surface area contributed by atoms with Gasteiger partial charge >= 0.3 is 0 Å². The molecule has 4 nitrogen and oxygen atoms in total. The van der Waals surface area contributed by atoms with Crippen LogP contribution in [-0.4, -0.2) is 18.3 Å². The van der Waals surface area contributed by atoms with Gasteiger partial charge in [0.25, 0.3) is 0 Å². The second kappa shape index (κ2) is 6.05. The Morgan fingerprint density at radius 2 is 1.95 bits per heavy atom. The average molecular weight is 277 g/mol. The van der Waals surface area contributed by atoms with E-state index in [4.69, 9.17) is 4.74 Å². The fourth-order valence-electron chi connectivity index (χ4n) is 2.07. The van der Waals surface area contributed by atoms with E-state index in [2.05, 4.69) is 15.5 Å². The Hall–Kier alpha value is -2.88. The Morgan fingerprint density at radius 1 is 1.10 bits per heavy atom. The second-order valence-corrected chi connectivity index (χ2v) is 4.52. The van der Waals surface area contributed by atoms with Crippen molar-refractivity contribution in [2.45, 2.75) is 0 Å². The summed E-state index contributed by atoms with van der Waals surface area (Å²) in [6.07, 6.45) is 3.54. The van der Waals surface area contributed by atoms with Crippen molar-refractivity contribution in [3.63, 3.8) is 0 Å². The Labute approximate surface area is 123 Å². The molecule has 0 saturated carbocycles. The molecule has 0 radical (unpaired) electrons. The van der Waals surface area contributed by atoms with E-state index in [0.29, 0.717) is 0 Å². The summed E-state index contributed by atoms with van der Waals surface area (Å²) in [4.78, 5) is 4.34. The van der Waals surface area contributed by atoms with E-state index in [0.717, 1.165) is 27.9 Å². The van der Waals surface area contributed by atoms with Crippen molar-refractivity contribution in [2.75, 3.05) is 12.5 Å². The topological polar surface area (TPSA) is 46.5 Å². The van der Waals surface area contributed by atoms with E-state index in [9.17, 15) is 0 Å². The lowest BCUT2D eigenvalue weighted by atomic mass is 10.2. The van der Waals surface area contributed by atoms with Crippen LogP contribution in [0.4, 0.5) is 5.69 Å². The first-order chi connectivity index (χ1) is 10.4. The third kappa shape index (κ3) is 3.00. The molecule has 0 atom stereocenters. The lowest BCUT2D eigenvalue weighted by Crippen LogP contribution is -1.93. The van der Waals surface area contributed by atoms with E-state index < -0.39 is 0 Å². The number of anilines is 1. The summed E-state index contributed by atoms with van der Waals surface area (Å²) in [6, 6.07) is 17.6. The molecule has 0 aliphatic rings. The number of nitrogens with one attached hydrogen (secondary N) is 1. The molecule has 0 aliphatic carbocycles. The Bertz CT molecular complexity index is 769. The van der Waals surface area contributed by atoms with Crippen molar-refractivity contribution >= 4 is 22.8 Å². The molecule has 104 valence electrons. The molecule has 1 N–H and O–H groups in total. The maximum atomic E-state index is 5.21. The van der Waals surface area contributed by atoms with E-state index >= 15 is 0 Å². The molecule has 1 heterocycles. The van der Waals surface area contributed by atoms with Crippen molar-refractivity contribution in [3.05, 3.63) is 66.4 Å². The molecule has 0 aliphatic heterocycles. The molecular formula is C17H15N3O. The number of hydrogen-bond acceptors (Lipinski definition) is 4. The number of pyridine rings is 1. The van der Waals surface area contributed by atoms with Gasteiger partial charge in [-0.3, -0.25) is 10.4 Å². The first kappa shape index (κ1) is 13.1. The number of aromatic nitrogens is 1. The number of hydrazone groups is 1. The van der Waals surface area contributed by atoms with Gasteiger partial charge < -0.3 is 4.74 Å². The highest BCUT2D eigenvalue weighted by Gasteiger charge is 2.02. The van der Waals surface area contributed by atoms with Crippen LogP contribution in [0.5, 0.6) is 5.75 Å². The number of ether oxygens (including phenoxy) is 1. The van der Waals surface area contributed by atoms with E-state index in [-0.39, 0.29) is 0 Å². The van der Waals surface area contributed by atoms with Crippen LogP contribution in [0, 0.1) is 0 Å². The number of methoxy groups -OCH3 is 1. The Balaban J connectivity index is 1.85. The third-order valence-electron chi connectivity index (χ3n) is 3.15. The lowest BCUT2D eigenvalue weighted by molar-refractivity contribution is 0.415. The van der Waals surface area contributed by atoms with Gasteiger partial charge in [0.2, 0.25) is 0 Å². The van der Waals surface area contributed by atoms with Gasteiger partial charge in [0, 0.05) is 17.6 Å². The first-order valence-electron chi connectivity index (χ1n) is 6.64. The van der Waals surface area contributed by atoms with Crippen LogP contribution in [0.3, 0.4) is 0 Å². The predicted octanol–water partition coefficient (Wildman–Crippen LogP) is 3.69. The largest absolute Gasteiger partial charge is 0.497 e. The highest BCUT2D eigenvalue weighted by molar-refractivity contribution is 5.92. The average Bonchev–Trinajstić information content (AvgIpc) is 2.55. The van der Waals surface area contributed by atoms with Crippen LogP contribution in [-0.2, 0) is 0 Å². The Kier molecular flexibility index (Phi) is 3.78. The summed E-state index contributed by atoms with van der Waals surface area (Å²) in [7, 11) is 1.65. The van der Waals surface area contributed by atoms with E-state index in [1.54, 1.807) is 19.5 Å². The Morgan fingerprint density at radius 3 is 2.76 bits per heavy atom. The monoisotopic (exact) mass is 277 g/mol. The van der Waals surface area contributed by atoms with Crippen LogP contribution < -0.4 is 10.2 Å². The minimum absolute atomic E-state index is 0.792. The van der Waals surface area contributed by atoms with Crippen LogP contribution in [0.15, 0.2) is 65.9 Å². The van der Waals surface area contributed by atoms with Gasteiger partial charge in [-0.05, 0) is 23.8 Å². The molecule has 0 saturated heterocycles. The number of benzene rings is 2. The first-order valence-corrected chi connectivity index (χ1v) is 6.64. The SMILES string of the molecule is COc1ccc2c(N/N=C/c3ccccc3)ccnc2c1. The molecule has 3 aromatic rings. The van der Waals surface area contributed by atoms with Gasteiger partial charge in [0.15, 0.2) is 0 Å². The standard InChI is InChI=1S/C17H15N3O/c1-21-14-7-8-15-16(9-10-18-17(15)11-14)20-19-12-13-5-3-2-4-6-13/h2-12H,1H3,(H,18,20)/b19-12+. The van der Waals surface area contributed by atoms with Crippen molar-refractivity contribution < 1.29 is 4.74 Å². The van der Waals surface area contributed by atoms with Gasteiger partial charge in [-0.15, -0.1) is 0 Å². The molecule has 0 unspecified atom stereocenters. The molecule has 0 bridgehead atoms. The normalized spacial score (nSPS) is 10.9. The summed E-state index contributed by atoms with van der Waals surface area (Å²) < 4.78 is 5.21. The minimum Gasteiger partial charge on any atom is -0.497 e. The van der Waals surface area contributed by atoms with Crippen LogP contribution in [0.2, 0.25) is 0 Å². The van der Waals surface area contributed by atoms with E-state index in [1.165, 1.54) is 0 Å². The fourth-order valence-corrected chi connectivity index (χ4v) is 2.07. The highest BCUT2D eigenvalue weighted by Crippen LogP contribution is 2.25. The molecule has 21 heavy (non-hydrogen) atoms. The maximum absolute atomic E-state index is 5.21. The number of fused-ring (bicyclic) bond motifs is 1. The van der Waals surface area contributed by atoms with Gasteiger partial charge in [-0.2, -0.15) is 5.10 Å². The number of nitrogens with zero attached hydrogens (tertiary/aromatic N) is 2. The summed E-state index contributed by atoms with van der Waals surface area (Å²) in [5.41, 5.74) is 5.89. The minimum atomic E-state index is 0.792. The fraction of sp³-hybridized carbons (Fsp3) is 0.0588. The van der Waals surface area contributed by atoms with Gasteiger partial charge in [-0.1, -0.05) is 30.3 Å². The van der Waals surface area contributed by atoms with Gasteiger partial charge in [0.1, 0.15) is 5.75 Å². The van der Waals surface area contributed by atoms with E-state index in [1.807, 2.05) is 54.6 Å². The van der Waals surface area contributed by atoms with Crippen LogP contribution in [0.1, 0.15) is 5.56 Å². The molecule has 0 spiro atoms. The lowest BCUT2D eigenvalue weighted by Gasteiger charge is -2.06. The van der Waals surface area contributed by atoms with Crippen LogP contribution in [0.25, 0.3) is 10.9 Å². The molecule has 2 aromatic carbocycles. The zero-order valence-electron chi connectivity index (χ0n) is 11.7. The second-order valence-electron chi connectivity index (χ2n) is 4.52. The number of rotatable bonds is 4. The molecular weight excluding hydrogens is 262 g/mol. The summed E-state index contributed by atoms with van der Waals surface area (Å²) >= 11 is 0. The van der Waals surface area contributed by atoms with Gasteiger partial charge in [0.05, 0.1) is 24.5 Å². The predicted molar refractivity (Wildman–Crippen MR) is 86.0 cm³/mol. The zero-order valence-corrected chi connectivity index (χ0v) is 11.7. The molecule has 1 aromatic heterocycles. The summed E-state index contributed by atoms with van der Waals surface area (Å²) in [6.45, 7) is 0. The van der Waals surface area contributed by atoms with Crippen molar-refractivity contribution in [1.82, 2.24) is 4.98 Å². The van der Waals surface area contributed by atoms with Crippen molar-refractivity contribution in [1.29, 1.82) is 0 Å². The molecule has 3 rings (SSSR count). The smallest absolute Gasteiger partial charge is 0.121 e. The number of hydrogen-bond donors (Lipinski definition) is 1. The zero-order chi connectivity index (χ0) is 14.5. The van der Waals surface area contributed by atoms with Gasteiger partial charge in [-0.25, -0.2) is 0 Å². The van der Waals surface area contributed by atoms with Crippen molar-refractivity contribution in [3.8, 4) is 5.75 Å². The maximum Gasteiger partial charge on any atom is 0.121 e. The molecule has 0 fully saturated rings. The van der Waals surface area contributed by atoms with Crippen LogP contribution >= 0.6 is 0 Å². The summed E-state index contributed by atoms with van der Waals surface area (Å²) in [5.74, 6) is 0.792. The third-order valence-corrected chi connectivity index (χ3v) is 3.15. The molecule has 4 heteroatoms. The quantitative estimate of drug-likeness (QED) is 0.584. The highest BCUT2D eigenvalue weighted by atomic mass is 16.5.